The second-order valence-electron chi connectivity index (χ2n) is 12.0. The largest absolute Gasteiger partial charge is 0.768 e. The molecule has 3 N–H and O–H groups in total. The van der Waals surface area contributed by atoms with Crippen molar-refractivity contribution in [3.8, 4) is 0 Å². The van der Waals surface area contributed by atoms with Crippen LogP contribution in [0.5, 0.6) is 0 Å². The van der Waals surface area contributed by atoms with Gasteiger partial charge in [0.2, 0.25) is 0 Å². The molecular formula is C42H29N2O9S2-. The van der Waals surface area contributed by atoms with E-state index in [-0.39, 0.29) is 50.1 Å². The smallest absolute Gasteiger partial charge is 0.295 e. The summed E-state index contributed by atoms with van der Waals surface area (Å²) in [6.45, 7) is 0. The fourth-order valence-corrected chi connectivity index (χ4v) is 6.77. The Bertz CT molecular complexity index is 2590. The quantitative estimate of drug-likeness (QED) is 0.0497. The summed E-state index contributed by atoms with van der Waals surface area (Å²) in [4.78, 5) is 50.5. The van der Waals surface area contributed by atoms with Crippen molar-refractivity contribution < 1.29 is 40.9 Å². The van der Waals surface area contributed by atoms with E-state index in [9.17, 15) is 40.9 Å². The van der Waals surface area contributed by atoms with Gasteiger partial charge >= 0.3 is 0 Å². The first-order valence-electron chi connectivity index (χ1n) is 16.4. The molecule has 6 aromatic rings. The van der Waals surface area contributed by atoms with Crippen LogP contribution in [0.2, 0.25) is 0 Å². The van der Waals surface area contributed by atoms with Crippen molar-refractivity contribution in [1.82, 2.24) is 0 Å². The zero-order valence-corrected chi connectivity index (χ0v) is 30.2. The second-order valence-corrected chi connectivity index (χ2v) is 14.3. The van der Waals surface area contributed by atoms with Gasteiger partial charge < -0.3 is 15.2 Å². The first kappa shape index (κ1) is 38.1. The minimum absolute atomic E-state index is 0.0153. The molecule has 6 aromatic carbocycles. The van der Waals surface area contributed by atoms with Crippen molar-refractivity contribution >= 4 is 68.1 Å². The molecule has 0 aromatic heterocycles. The van der Waals surface area contributed by atoms with Gasteiger partial charge in [0.25, 0.3) is 21.9 Å². The molecular weight excluding hydrogens is 741 g/mol. The molecule has 0 saturated heterocycles. The monoisotopic (exact) mass is 769 g/mol. The molecule has 0 aliphatic rings. The summed E-state index contributed by atoms with van der Waals surface area (Å²) >= 11 is -2.78. The lowest BCUT2D eigenvalue weighted by Gasteiger charge is -2.13. The summed E-state index contributed by atoms with van der Waals surface area (Å²) in [5.41, 5.74) is 2.48. The Morgan fingerprint density at radius 3 is 1.35 bits per heavy atom. The van der Waals surface area contributed by atoms with Crippen molar-refractivity contribution in [3.63, 3.8) is 0 Å². The van der Waals surface area contributed by atoms with E-state index >= 15 is 0 Å². The van der Waals surface area contributed by atoms with Crippen LogP contribution in [0.25, 0.3) is 12.2 Å². The van der Waals surface area contributed by atoms with E-state index in [4.69, 9.17) is 0 Å². The number of carbonyl (C=O) groups is 4. The Morgan fingerprint density at radius 2 is 0.909 bits per heavy atom. The predicted molar refractivity (Wildman–Crippen MR) is 207 cm³/mol. The third-order valence-electron chi connectivity index (χ3n) is 8.33. The Morgan fingerprint density at radius 1 is 0.527 bits per heavy atom. The molecule has 0 heterocycles. The number of benzene rings is 6. The van der Waals surface area contributed by atoms with E-state index in [1.54, 1.807) is 60.7 Å². The molecule has 13 heteroatoms. The molecule has 0 aliphatic carbocycles. The van der Waals surface area contributed by atoms with E-state index in [1.165, 1.54) is 91.0 Å². The van der Waals surface area contributed by atoms with Crippen molar-refractivity contribution in [1.29, 1.82) is 0 Å². The van der Waals surface area contributed by atoms with Gasteiger partial charge in [-0.25, -0.2) is 0 Å². The molecule has 1 unspecified atom stereocenters. The average Bonchev–Trinajstić information content (AvgIpc) is 3.20. The number of rotatable bonds is 12. The van der Waals surface area contributed by atoms with Crippen molar-refractivity contribution in [2.45, 2.75) is 9.79 Å². The maximum Gasteiger partial charge on any atom is 0.295 e. The Kier molecular flexibility index (Phi) is 11.5. The van der Waals surface area contributed by atoms with E-state index in [1.807, 2.05) is 0 Å². The Balaban J connectivity index is 1.15. The molecule has 6 rings (SSSR count). The molecule has 0 spiro atoms. The molecule has 11 nitrogen and oxygen atoms in total. The molecule has 0 saturated carbocycles. The summed E-state index contributed by atoms with van der Waals surface area (Å²) in [5.74, 6) is -1.58. The standard InChI is InChI=1S/C42H30N2O9S2/c45-39(29-7-3-1-4-8-29)31-13-17-33(18-14-31)41(47)43-35-23-21-27(37(25-35)54(49)50)11-12-28-22-24-36(26-38(28)55(51,52)53)44-42(48)34-19-15-32(16-20-34)40(46)30-9-5-2-6-10-30/h1-26H,(H,43,47)(H,44,48)(H,49,50)(H,51,52,53)/p-1/b12-11+. The van der Waals surface area contributed by atoms with Crippen LogP contribution in [-0.2, 0) is 21.2 Å². The average molecular weight is 770 g/mol. The van der Waals surface area contributed by atoms with E-state index in [0.717, 1.165) is 6.07 Å². The van der Waals surface area contributed by atoms with Gasteiger partial charge in [-0.3, -0.25) is 27.9 Å². The predicted octanol–water partition coefficient (Wildman–Crippen LogP) is 7.31. The van der Waals surface area contributed by atoms with Crippen molar-refractivity contribution in [3.05, 3.63) is 190 Å². The zero-order chi connectivity index (χ0) is 39.1. The van der Waals surface area contributed by atoms with E-state index < -0.39 is 37.9 Å². The second kappa shape index (κ2) is 16.6. The first-order chi connectivity index (χ1) is 26.4. The lowest BCUT2D eigenvalue weighted by atomic mass is 10.0. The molecule has 274 valence electrons. The van der Waals surface area contributed by atoms with Gasteiger partial charge in [-0.1, -0.05) is 109 Å². The number of ketones is 2. The van der Waals surface area contributed by atoms with Gasteiger partial charge in [-0.05, 0) is 70.7 Å². The number of hydrogen-bond donors (Lipinski definition) is 3. The van der Waals surface area contributed by atoms with Crippen LogP contribution in [-0.4, -0.2) is 45.1 Å². The number of anilines is 2. The van der Waals surface area contributed by atoms with Gasteiger partial charge in [0.15, 0.2) is 11.6 Å². The molecule has 0 aliphatic heterocycles. The summed E-state index contributed by atoms with van der Waals surface area (Å²) in [6.07, 6.45) is 2.60. The van der Waals surface area contributed by atoms with Crippen molar-refractivity contribution in [2.24, 2.45) is 0 Å². The fourth-order valence-electron chi connectivity index (χ4n) is 5.51. The minimum Gasteiger partial charge on any atom is -0.768 e. The summed E-state index contributed by atoms with van der Waals surface area (Å²) in [5, 5.41) is 5.20. The van der Waals surface area contributed by atoms with Crippen LogP contribution < -0.4 is 10.6 Å². The molecule has 1 atom stereocenters. The minimum atomic E-state index is -4.83. The Labute approximate surface area is 318 Å². The van der Waals surface area contributed by atoms with Crippen LogP contribution in [0.3, 0.4) is 0 Å². The Hall–Kier alpha value is -6.64. The van der Waals surface area contributed by atoms with Gasteiger partial charge in [0, 0.05) is 49.7 Å². The molecule has 0 radical (unpaired) electrons. The number of carbonyl (C=O) groups excluding carboxylic acids is 4. The lowest BCUT2D eigenvalue weighted by molar-refractivity contribution is 0.101. The third-order valence-corrected chi connectivity index (χ3v) is 9.96. The topological polar surface area (TPSA) is 187 Å². The lowest BCUT2D eigenvalue weighted by Crippen LogP contribution is -2.13. The highest BCUT2D eigenvalue weighted by Crippen LogP contribution is 2.26. The van der Waals surface area contributed by atoms with E-state index in [0.29, 0.717) is 22.3 Å². The number of amides is 2. The third kappa shape index (κ3) is 9.30. The first-order valence-corrected chi connectivity index (χ1v) is 18.9. The number of hydrogen-bond acceptors (Lipinski definition) is 8. The fraction of sp³-hybridized carbons (Fsp3) is 0. The zero-order valence-electron chi connectivity index (χ0n) is 28.5. The van der Waals surface area contributed by atoms with Crippen LogP contribution >= 0.6 is 0 Å². The highest BCUT2D eigenvalue weighted by Gasteiger charge is 2.18. The van der Waals surface area contributed by atoms with Gasteiger partial charge in [0.05, 0.1) is 0 Å². The van der Waals surface area contributed by atoms with E-state index in [2.05, 4.69) is 10.6 Å². The SMILES string of the molecule is O=C(Nc1ccc(/C=C/c2ccc(NC(=O)c3ccc(C(=O)c4ccccc4)cc3)cc2S(=O)(=O)O)c(S(=O)[O-])c1)c1ccc(C(=O)c2ccccc2)cc1. The van der Waals surface area contributed by atoms with Crippen molar-refractivity contribution in [2.75, 3.05) is 10.6 Å². The van der Waals surface area contributed by atoms with Gasteiger partial charge in [0.1, 0.15) is 4.90 Å². The highest BCUT2D eigenvalue weighted by atomic mass is 32.2. The molecule has 0 fully saturated rings. The maximum absolute atomic E-state index is 13.0. The normalized spacial score (nSPS) is 11.8. The van der Waals surface area contributed by atoms with Crippen LogP contribution in [0, 0.1) is 0 Å². The highest BCUT2D eigenvalue weighted by molar-refractivity contribution is 7.86. The van der Waals surface area contributed by atoms with Crippen LogP contribution in [0.15, 0.2) is 155 Å². The summed E-state index contributed by atoms with van der Waals surface area (Å²) in [6, 6.07) is 37.0. The van der Waals surface area contributed by atoms with Crippen LogP contribution in [0.1, 0.15) is 63.7 Å². The maximum atomic E-state index is 13.0. The molecule has 0 bridgehead atoms. The van der Waals surface area contributed by atoms with Gasteiger partial charge in [-0.2, -0.15) is 8.42 Å². The molecule has 2 amide bonds. The molecule has 55 heavy (non-hydrogen) atoms. The summed E-state index contributed by atoms with van der Waals surface area (Å²) in [7, 11) is -4.83. The van der Waals surface area contributed by atoms with Gasteiger partial charge in [-0.15, -0.1) is 0 Å². The summed E-state index contributed by atoms with van der Waals surface area (Å²) < 4.78 is 59.1. The van der Waals surface area contributed by atoms with Crippen LogP contribution in [0.4, 0.5) is 11.4 Å². The number of nitrogens with one attached hydrogen (secondary N) is 2.